The van der Waals surface area contributed by atoms with Crippen LogP contribution in [0.1, 0.15) is 111 Å². The lowest BCUT2D eigenvalue weighted by molar-refractivity contribution is 0.151. The van der Waals surface area contributed by atoms with Crippen LogP contribution in [0.4, 0.5) is 0 Å². The molecule has 0 aliphatic heterocycles. The van der Waals surface area contributed by atoms with Crippen molar-refractivity contribution in [2.24, 2.45) is 11.8 Å². The standard InChI is InChI=1S/C27H49O3P/c1-9-13-15-23(11-3)20-28-31(29-21-24(12-4)16-14-10-2)30-26-18-17-22(5)19-25(26)27(6,7)8/h17-19,23-24H,9-16,20-21H2,1-8H3. The molecular formula is C27H49O3P. The first-order valence-corrected chi connectivity index (χ1v) is 13.7. The van der Waals surface area contributed by atoms with Crippen molar-refractivity contribution >= 4 is 8.60 Å². The molecule has 0 aliphatic rings. The second-order valence-electron chi connectivity index (χ2n) is 9.99. The van der Waals surface area contributed by atoms with Crippen molar-refractivity contribution in [1.82, 2.24) is 0 Å². The van der Waals surface area contributed by atoms with Crippen LogP contribution in [0.2, 0.25) is 0 Å². The minimum Gasteiger partial charge on any atom is -0.426 e. The fraction of sp³-hybridized carbons (Fsp3) is 0.778. The van der Waals surface area contributed by atoms with Gasteiger partial charge in [-0.2, -0.15) is 0 Å². The van der Waals surface area contributed by atoms with E-state index in [4.69, 9.17) is 13.6 Å². The predicted molar refractivity (Wildman–Crippen MR) is 136 cm³/mol. The molecule has 180 valence electrons. The van der Waals surface area contributed by atoms with Crippen LogP contribution in [-0.4, -0.2) is 13.2 Å². The van der Waals surface area contributed by atoms with E-state index in [0.29, 0.717) is 25.0 Å². The third-order valence-electron chi connectivity index (χ3n) is 6.03. The quantitative estimate of drug-likeness (QED) is 0.234. The van der Waals surface area contributed by atoms with Gasteiger partial charge in [0.05, 0.1) is 13.2 Å². The lowest BCUT2D eigenvalue weighted by atomic mass is 9.85. The molecule has 0 aliphatic carbocycles. The van der Waals surface area contributed by atoms with Crippen LogP contribution in [0, 0.1) is 18.8 Å². The summed E-state index contributed by atoms with van der Waals surface area (Å²) in [6, 6.07) is 6.43. The summed E-state index contributed by atoms with van der Waals surface area (Å²) in [6.07, 6.45) is 9.65. The summed E-state index contributed by atoms with van der Waals surface area (Å²) in [6.45, 7) is 19.3. The van der Waals surface area contributed by atoms with Crippen LogP contribution in [0.5, 0.6) is 5.75 Å². The van der Waals surface area contributed by atoms with Gasteiger partial charge < -0.3 is 13.6 Å². The van der Waals surface area contributed by atoms with Crippen molar-refractivity contribution in [3.05, 3.63) is 29.3 Å². The fourth-order valence-electron chi connectivity index (χ4n) is 3.61. The van der Waals surface area contributed by atoms with Crippen molar-refractivity contribution in [3.63, 3.8) is 0 Å². The maximum absolute atomic E-state index is 6.45. The average molecular weight is 453 g/mol. The second-order valence-corrected chi connectivity index (χ2v) is 11.1. The maximum atomic E-state index is 6.45. The zero-order chi connectivity index (χ0) is 23.3. The topological polar surface area (TPSA) is 27.7 Å². The molecule has 0 heterocycles. The maximum Gasteiger partial charge on any atom is 0.397 e. The first kappa shape index (κ1) is 28.4. The summed E-state index contributed by atoms with van der Waals surface area (Å²) in [5.41, 5.74) is 2.46. The van der Waals surface area contributed by atoms with Gasteiger partial charge in [-0.25, -0.2) is 0 Å². The van der Waals surface area contributed by atoms with Gasteiger partial charge in [-0.1, -0.05) is 105 Å². The van der Waals surface area contributed by atoms with Gasteiger partial charge in [-0.05, 0) is 43.1 Å². The highest BCUT2D eigenvalue weighted by Gasteiger charge is 2.25. The van der Waals surface area contributed by atoms with E-state index in [9.17, 15) is 0 Å². The second kappa shape index (κ2) is 15.3. The van der Waals surface area contributed by atoms with Gasteiger partial charge in [0.2, 0.25) is 0 Å². The first-order valence-electron chi connectivity index (χ1n) is 12.6. The fourth-order valence-corrected chi connectivity index (χ4v) is 4.77. The minimum atomic E-state index is -1.42. The highest BCUT2D eigenvalue weighted by Crippen LogP contribution is 2.45. The Morgan fingerprint density at radius 3 is 1.77 bits per heavy atom. The normalized spacial score (nSPS) is 15.0. The lowest BCUT2D eigenvalue weighted by Crippen LogP contribution is -2.15. The Bertz CT molecular complexity index is 577. The Kier molecular flexibility index (Phi) is 14.0. The number of rotatable bonds is 16. The summed E-state index contributed by atoms with van der Waals surface area (Å²) in [4.78, 5) is 0. The SMILES string of the molecule is CCCCC(CC)COP(OCC(CC)CCCC)Oc1ccc(C)cc1C(C)(C)C. The van der Waals surface area contributed by atoms with Crippen LogP contribution in [0.15, 0.2) is 18.2 Å². The van der Waals surface area contributed by atoms with E-state index in [2.05, 4.69) is 73.6 Å². The average Bonchev–Trinajstić information content (AvgIpc) is 2.74. The van der Waals surface area contributed by atoms with Crippen molar-refractivity contribution in [2.45, 2.75) is 112 Å². The largest absolute Gasteiger partial charge is 0.426 e. The Morgan fingerprint density at radius 1 is 0.839 bits per heavy atom. The molecule has 0 fully saturated rings. The van der Waals surface area contributed by atoms with Crippen molar-refractivity contribution in [1.29, 1.82) is 0 Å². The molecule has 31 heavy (non-hydrogen) atoms. The monoisotopic (exact) mass is 452 g/mol. The Balaban J connectivity index is 2.93. The molecule has 0 radical (unpaired) electrons. The van der Waals surface area contributed by atoms with Gasteiger partial charge in [-0.3, -0.25) is 0 Å². The molecule has 1 aromatic rings. The van der Waals surface area contributed by atoms with Gasteiger partial charge >= 0.3 is 8.60 Å². The summed E-state index contributed by atoms with van der Waals surface area (Å²) in [5, 5.41) is 0. The van der Waals surface area contributed by atoms with Crippen molar-refractivity contribution in [2.75, 3.05) is 13.2 Å². The molecule has 1 rings (SSSR count). The predicted octanol–water partition coefficient (Wildman–Crippen LogP) is 9.36. The number of unbranched alkanes of at least 4 members (excludes halogenated alkanes) is 2. The van der Waals surface area contributed by atoms with Crippen molar-refractivity contribution < 1.29 is 13.6 Å². The number of hydrogen-bond donors (Lipinski definition) is 0. The smallest absolute Gasteiger partial charge is 0.397 e. The van der Waals surface area contributed by atoms with Crippen LogP contribution in [-0.2, 0) is 14.5 Å². The van der Waals surface area contributed by atoms with Gasteiger partial charge in [-0.15, -0.1) is 0 Å². The lowest BCUT2D eigenvalue weighted by Gasteiger charge is -2.27. The van der Waals surface area contributed by atoms with Gasteiger partial charge in [0.15, 0.2) is 0 Å². The third kappa shape index (κ3) is 11.2. The van der Waals surface area contributed by atoms with Gasteiger partial charge in [0.25, 0.3) is 0 Å². The summed E-state index contributed by atoms with van der Waals surface area (Å²) in [5.74, 6) is 2.03. The van der Waals surface area contributed by atoms with E-state index < -0.39 is 8.60 Å². The molecule has 0 saturated heterocycles. The number of benzene rings is 1. The van der Waals surface area contributed by atoms with Crippen LogP contribution in [0.25, 0.3) is 0 Å². The van der Waals surface area contributed by atoms with Crippen LogP contribution in [0.3, 0.4) is 0 Å². The molecule has 0 saturated carbocycles. The molecule has 3 nitrogen and oxygen atoms in total. The summed E-state index contributed by atoms with van der Waals surface area (Å²) < 4.78 is 19.1. The molecule has 0 bridgehead atoms. The molecule has 0 spiro atoms. The summed E-state index contributed by atoms with van der Waals surface area (Å²) in [7, 11) is -1.42. The van der Waals surface area contributed by atoms with Crippen molar-refractivity contribution in [3.8, 4) is 5.75 Å². The van der Waals surface area contributed by atoms with E-state index in [1.165, 1.54) is 49.7 Å². The highest BCUT2D eigenvalue weighted by atomic mass is 31.2. The van der Waals surface area contributed by atoms with Crippen LogP contribution < -0.4 is 4.52 Å². The van der Waals surface area contributed by atoms with Crippen LogP contribution >= 0.6 is 8.60 Å². The Labute approximate surface area is 194 Å². The van der Waals surface area contributed by atoms with E-state index in [-0.39, 0.29) is 5.41 Å². The van der Waals surface area contributed by atoms with Gasteiger partial charge in [0.1, 0.15) is 5.75 Å². The van der Waals surface area contributed by atoms with E-state index >= 15 is 0 Å². The first-order chi connectivity index (χ1) is 14.7. The van der Waals surface area contributed by atoms with E-state index in [1.54, 1.807) is 0 Å². The van der Waals surface area contributed by atoms with E-state index in [1.807, 2.05) is 0 Å². The zero-order valence-electron chi connectivity index (χ0n) is 21.6. The van der Waals surface area contributed by atoms with E-state index in [0.717, 1.165) is 18.6 Å². The summed E-state index contributed by atoms with van der Waals surface area (Å²) >= 11 is 0. The number of aryl methyl sites for hydroxylation is 1. The Morgan fingerprint density at radius 2 is 1.35 bits per heavy atom. The Hall–Kier alpha value is -0.630. The molecule has 2 unspecified atom stereocenters. The minimum absolute atomic E-state index is 0.00250. The molecule has 0 aromatic heterocycles. The molecule has 1 aromatic carbocycles. The molecular weight excluding hydrogens is 403 g/mol. The highest BCUT2D eigenvalue weighted by molar-refractivity contribution is 7.42. The molecule has 4 heteroatoms. The van der Waals surface area contributed by atoms with Gasteiger partial charge in [0, 0.05) is 5.56 Å². The molecule has 0 N–H and O–H groups in total. The third-order valence-corrected chi connectivity index (χ3v) is 7.10. The number of hydrogen-bond acceptors (Lipinski definition) is 3. The molecule has 2 atom stereocenters. The zero-order valence-corrected chi connectivity index (χ0v) is 22.5. The molecule has 0 amide bonds.